The van der Waals surface area contributed by atoms with Crippen LogP contribution in [0, 0.1) is 0 Å². The molecular weight excluding hydrogens is 276 g/mol. The molecule has 2 heterocycles. The molecule has 1 fully saturated rings. The Morgan fingerprint density at radius 3 is 2.59 bits per heavy atom. The van der Waals surface area contributed by atoms with E-state index in [2.05, 4.69) is 23.5 Å². The van der Waals surface area contributed by atoms with Crippen LogP contribution in [0.3, 0.4) is 0 Å². The molecule has 2 aromatic rings. The fourth-order valence-electron chi connectivity index (χ4n) is 3.65. The molecule has 4 nitrogen and oxygen atoms in total. The Kier molecular flexibility index (Phi) is 2.96. The first-order valence-electron chi connectivity index (χ1n) is 7.48. The van der Waals surface area contributed by atoms with Gasteiger partial charge in [0.05, 0.1) is 6.04 Å². The van der Waals surface area contributed by atoms with Crippen molar-refractivity contribution in [3.8, 4) is 0 Å². The van der Waals surface area contributed by atoms with E-state index in [9.17, 15) is 9.59 Å². The van der Waals surface area contributed by atoms with E-state index >= 15 is 0 Å². The molecule has 2 unspecified atom stereocenters. The first-order chi connectivity index (χ1) is 10.8. The number of carbonyl (C=O) groups is 2. The van der Waals surface area contributed by atoms with E-state index in [-0.39, 0.29) is 11.9 Å². The molecule has 110 valence electrons. The molecule has 22 heavy (non-hydrogen) atoms. The van der Waals surface area contributed by atoms with E-state index < -0.39 is 6.04 Å². The molecule has 0 aromatic heterocycles. The molecule has 0 saturated carbocycles. The van der Waals surface area contributed by atoms with E-state index in [1.807, 2.05) is 35.2 Å². The summed E-state index contributed by atoms with van der Waals surface area (Å²) in [5.41, 5.74) is 4.55. The van der Waals surface area contributed by atoms with Crippen molar-refractivity contribution >= 4 is 18.0 Å². The number of amides is 2. The number of carbonyl (C=O) groups excluding carboxylic acids is 2. The van der Waals surface area contributed by atoms with Gasteiger partial charge in [-0.3, -0.25) is 9.59 Å². The van der Waals surface area contributed by atoms with Gasteiger partial charge in [0.15, 0.2) is 0 Å². The molecule has 0 aliphatic carbocycles. The van der Waals surface area contributed by atoms with Gasteiger partial charge >= 0.3 is 0 Å². The third-order valence-electron chi connectivity index (χ3n) is 4.62. The Morgan fingerprint density at radius 2 is 1.77 bits per heavy atom. The molecule has 2 aromatic carbocycles. The Hall–Kier alpha value is -2.62. The van der Waals surface area contributed by atoms with Crippen LogP contribution in [0.5, 0.6) is 0 Å². The predicted octanol–water partition coefficient (Wildman–Crippen LogP) is 2.18. The molecule has 2 aliphatic rings. The second-order valence-corrected chi connectivity index (χ2v) is 5.80. The standard InChI is InChI=1S/C18H16N2O2/c21-11-19-15-10-17-14-7-3-1-5-12(14)9-13-6-2-4-8-16(13)20(17)18(15)22/h1-8,11,15,17H,9-10H2,(H,19,21). The van der Waals surface area contributed by atoms with Crippen LogP contribution in [-0.4, -0.2) is 18.4 Å². The SMILES string of the molecule is O=CNC1CC2c3ccccc3Cc3ccccc3N2C1=O. The lowest BCUT2D eigenvalue weighted by Crippen LogP contribution is -2.38. The minimum atomic E-state index is -0.443. The van der Waals surface area contributed by atoms with Crippen LogP contribution in [0.15, 0.2) is 48.5 Å². The summed E-state index contributed by atoms with van der Waals surface area (Å²) < 4.78 is 0. The number of hydrogen-bond donors (Lipinski definition) is 1. The zero-order valence-corrected chi connectivity index (χ0v) is 12.0. The highest BCUT2D eigenvalue weighted by Gasteiger charge is 2.43. The van der Waals surface area contributed by atoms with Crippen LogP contribution in [-0.2, 0) is 16.0 Å². The number of nitrogens with zero attached hydrogens (tertiary/aromatic N) is 1. The van der Waals surface area contributed by atoms with E-state index in [1.54, 1.807) is 0 Å². The van der Waals surface area contributed by atoms with Gasteiger partial charge in [0.25, 0.3) is 0 Å². The Labute approximate surface area is 128 Å². The Balaban J connectivity index is 1.90. The maximum Gasteiger partial charge on any atom is 0.250 e. The van der Waals surface area contributed by atoms with Gasteiger partial charge in [0.2, 0.25) is 12.3 Å². The van der Waals surface area contributed by atoms with E-state index in [0.717, 1.165) is 17.7 Å². The average Bonchev–Trinajstić information content (AvgIpc) is 2.78. The van der Waals surface area contributed by atoms with Crippen molar-refractivity contribution in [3.05, 3.63) is 65.2 Å². The zero-order valence-electron chi connectivity index (χ0n) is 12.0. The summed E-state index contributed by atoms with van der Waals surface area (Å²) in [6.07, 6.45) is 2.06. The highest BCUT2D eigenvalue weighted by molar-refractivity contribution is 6.02. The molecule has 2 atom stereocenters. The lowest BCUT2D eigenvalue weighted by atomic mass is 9.95. The summed E-state index contributed by atoms with van der Waals surface area (Å²) in [6.45, 7) is 0. The maximum atomic E-state index is 12.8. The second kappa shape index (κ2) is 4.98. The fourth-order valence-corrected chi connectivity index (χ4v) is 3.65. The third-order valence-corrected chi connectivity index (χ3v) is 4.62. The van der Waals surface area contributed by atoms with Gasteiger partial charge in [0, 0.05) is 12.1 Å². The van der Waals surface area contributed by atoms with Gasteiger partial charge in [-0.05, 0) is 29.2 Å². The lowest BCUT2D eigenvalue weighted by molar-refractivity contribution is -0.121. The predicted molar refractivity (Wildman–Crippen MR) is 83.5 cm³/mol. The Morgan fingerprint density at radius 1 is 1.05 bits per heavy atom. The van der Waals surface area contributed by atoms with Gasteiger partial charge in [-0.2, -0.15) is 0 Å². The quantitative estimate of drug-likeness (QED) is 0.863. The van der Waals surface area contributed by atoms with Crippen molar-refractivity contribution in [2.45, 2.75) is 24.9 Å². The number of benzene rings is 2. The number of anilines is 1. The van der Waals surface area contributed by atoms with Gasteiger partial charge in [0.1, 0.15) is 6.04 Å². The van der Waals surface area contributed by atoms with Crippen LogP contribution in [0.25, 0.3) is 0 Å². The summed E-state index contributed by atoms with van der Waals surface area (Å²) in [4.78, 5) is 25.4. The molecule has 2 amide bonds. The van der Waals surface area contributed by atoms with E-state index in [4.69, 9.17) is 0 Å². The molecule has 4 rings (SSSR count). The molecule has 1 saturated heterocycles. The van der Waals surface area contributed by atoms with E-state index in [0.29, 0.717) is 12.8 Å². The van der Waals surface area contributed by atoms with E-state index in [1.165, 1.54) is 11.1 Å². The van der Waals surface area contributed by atoms with Gasteiger partial charge in [-0.25, -0.2) is 0 Å². The lowest BCUT2D eigenvalue weighted by Gasteiger charge is -2.24. The summed E-state index contributed by atoms with van der Waals surface area (Å²) in [7, 11) is 0. The van der Waals surface area contributed by atoms with Crippen molar-refractivity contribution in [3.63, 3.8) is 0 Å². The molecule has 4 heteroatoms. The minimum absolute atomic E-state index is 0.00944. The van der Waals surface area contributed by atoms with Crippen LogP contribution in [0.1, 0.15) is 29.2 Å². The molecule has 0 spiro atoms. The first-order valence-corrected chi connectivity index (χ1v) is 7.48. The largest absolute Gasteiger partial charge is 0.347 e. The van der Waals surface area contributed by atoms with Gasteiger partial charge < -0.3 is 10.2 Å². The van der Waals surface area contributed by atoms with Crippen molar-refractivity contribution < 1.29 is 9.59 Å². The van der Waals surface area contributed by atoms with Gasteiger partial charge in [-0.15, -0.1) is 0 Å². The van der Waals surface area contributed by atoms with Crippen molar-refractivity contribution in [1.82, 2.24) is 5.32 Å². The number of hydrogen-bond acceptors (Lipinski definition) is 2. The van der Waals surface area contributed by atoms with Crippen molar-refractivity contribution in [2.24, 2.45) is 0 Å². The smallest absolute Gasteiger partial charge is 0.250 e. The number of fused-ring (bicyclic) bond motifs is 5. The summed E-state index contributed by atoms with van der Waals surface area (Å²) in [6, 6.07) is 15.8. The van der Waals surface area contributed by atoms with Crippen LogP contribution in [0.2, 0.25) is 0 Å². The minimum Gasteiger partial charge on any atom is -0.347 e. The molecule has 0 bridgehead atoms. The first kappa shape index (κ1) is 13.1. The number of rotatable bonds is 2. The summed E-state index contributed by atoms with van der Waals surface area (Å²) >= 11 is 0. The molecule has 2 aliphatic heterocycles. The monoisotopic (exact) mass is 292 g/mol. The molecular formula is C18H16N2O2. The average molecular weight is 292 g/mol. The summed E-state index contributed by atoms with van der Waals surface area (Å²) in [5, 5.41) is 2.66. The van der Waals surface area contributed by atoms with Crippen molar-refractivity contribution in [2.75, 3.05) is 4.90 Å². The Bertz CT molecular complexity index is 756. The van der Waals surface area contributed by atoms with Crippen LogP contribution >= 0.6 is 0 Å². The van der Waals surface area contributed by atoms with Crippen LogP contribution < -0.4 is 10.2 Å². The second-order valence-electron chi connectivity index (χ2n) is 5.80. The summed E-state index contributed by atoms with van der Waals surface area (Å²) in [5.74, 6) is -0.0266. The fraction of sp³-hybridized carbons (Fsp3) is 0.222. The highest BCUT2D eigenvalue weighted by Crippen LogP contribution is 2.43. The zero-order chi connectivity index (χ0) is 15.1. The molecule has 0 radical (unpaired) electrons. The van der Waals surface area contributed by atoms with Crippen LogP contribution in [0.4, 0.5) is 5.69 Å². The van der Waals surface area contributed by atoms with Crippen molar-refractivity contribution in [1.29, 1.82) is 0 Å². The highest BCUT2D eigenvalue weighted by atomic mass is 16.2. The third kappa shape index (κ3) is 1.84. The maximum absolute atomic E-state index is 12.8. The van der Waals surface area contributed by atoms with Gasteiger partial charge in [-0.1, -0.05) is 42.5 Å². The molecule has 1 N–H and O–H groups in total. The number of para-hydroxylation sites is 1. The number of nitrogens with one attached hydrogen (secondary N) is 1. The topological polar surface area (TPSA) is 49.4 Å². The normalized spacial score (nSPS) is 22.4.